The van der Waals surface area contributed by atoms with Gasteiger partial charge in [0.15, 0.2) is 5.96 Å². The molecule has 0 saturated carbocycles. The minimum Gasteiger partial charge on any atom is -0.345 e. The zero-order chi connectivity index (χ0) is 12.7. The van der Waals surface area contributed by atoms with Crippen LogP contribution in [-0.4, -0.2) is 31.5 Å². The summed E-state index contributed by atoms with van der Waals surface area (Å²) >= 11 is 0. The minimum absolute atomic E-state index is 0.234. The van der Waals surface area contributed by atoms with E-state index in [4.69, 9.17) is 6.42 Å². The fraction of sp³-hybridized carbons (Fsp3) is 0.308. The number of guanidine groups is 1. The highest BCUT2D eigenvalue weighted by atomic mass is 19.1. The lowest BCUT2D eigenvalue weighted by Crippen LogP contribution is -2.38. The van der Waals surface area contributed by atoms with Gasteiger partial charge in [-0.25, -0.2) is 4.39 Å². The van der Waals surface area contributed by atoms with E-state index in [1.54, 1.807) is 13.1 Å². The largest absolute Gasteiger partial charge is 0.345 e. The third-order valence-corrected chi connectivity index (χ3v) is 2.23. The first kappa shape index (κ1) is 13.0. The molecule has 1 aromatic rings. The lowest BCUT2D eigenvalue weighted by atomic mass is 10.2. The molecule has 0 atom stereocenters. The molecule has 0 saturated heterocycles. The number of benzene rings is 1. The number of nitrogens with one attached hydrogen (secondary N) is 1. The van der Waals surface area contributed by atoms with Crippen molar-refractivity contribution in [1.82, 2.24) is 10.2 Å². The van der Waals surface area contributed by atoms with Crippen LogP contribution in [0.3, 0.4) is 0 Å². The van der Waals surface area contributed by atoms with Gasteiger partial charge in [-0.2, -0.15) is 0 Å². The van der Waals surface area contributed by atoms with Crippen molar-refractivity contribution >= 4 is 5.96 Å². The molecule has 1 N–H and O–H groups in total. The summed E-state index contributed by atoms with van der Waals surface area (Å²) in [6.45, 7) is 0.988. The normalized spacial score (nSPS) is 10.8. The molecule has 0 amide bonds. The molecular weight excluding hydrogens is 217 g/mol. The van der Waals surface area contributed by atoms with Crippen LogP contribution in [0.5, 0.6) is 0 Å². The lowest BCUT2D eigenvalue weighted by molar-refractivity contribution is 0.479. The maximum atomic E-state index is 13.0. The van der Waals surface area contributed by atoms with Crippen molar-refractivity contribution in [2.45, 2.75) is 6.54 Å². The number of aliphatic imine (C=N–C) groups is 1. The molecule has 0 heterocycles. The molecule has 0 aliphatic heterocycles. The molecule has 0 fully saturated rings. The zero-order valence-electron chi connectivity index (χ0n) is 10.1. The molecule has 0 bridgehead atoms. The fourth-order valence-electron chi connectivity index (χ4n) is 1.50. The third kappa shape index (κ3) is 4.15. The second-order valence-electron chi connectivity index (χ2n) is 3.59. The Morgan fingerprint density at radius 2 is 2.35 bits per heavy atom. The second kappa shape index (κ2) is 6.54. The van der Waals surface area contributed by atoms with Gasteiger partial charge in [0.1, 0.15) is 5.82 Å². The van der Waals surface area contributed by atoms with Crippen LogP contribution in [0.25, 0.3) is 0 Å². The Hall–Kier alpha value is -2.02. The van der Waals surface area contributed by atoms with Crippen LogP contribution in [0.4, 0.5) is 4.39 Å². The monoisotopic (exact) mass is 233 g/mol. The van der Waals surface area contributed by atoms with Gasteiger partial charge in [0.25, 0.3) is 0 Å². The molecule has 17 heavy (non-hydrogen) atoms. The smallest absolute Gasteiger partial charge is 0.194 e. The van der Waals surface area contributed by atoms with Crippen molar-refractivity contribution in [2.24, 2.45) is 4.99 Å². The van der Waals surface area contributed by atoms with Crippen LogP contribution in [0, 0.1) is 18.2 Å². The van der Waals surface area contributed by atoms with E-state index < -0.39 is 0 Å². The standard InChI is InChI=1S/C13H16FN3/c1-4-8-16-13(15-2)17(3)10-11-6-5-7-12(14)9-11/h1,5-7,9H,8,10H2,2-3H3,(H,15,16). The Morgan fingerprint density at radius 1 is 1.59 bits per heavy atom. The van der Waals surface area contributed by atoms with Crippen molar-refractivity contribution in [3.8, 4) is 12.3 Å². The SMILES string of the molecule is C#CCNC(=NC)N(C)Cc1cccc(F)c1. The number of hydrogen-bond acceptors (Lipinski definition) is 1. The number of nitrogens with zero attached hydrogens (tertiary/aromatic N) is 2. The first-order valence-corrected chi connectivity index (χ1v) is 5.27. The molecule has 0 spiro atoms. The van der Waals surface area contributed by atoms with Crippen LogP contribution in [-0.2, 0) is 6.54 Å². The molecule has 0 radical (unpaired) electrons. The third-order valence-electron chi connectivity index (χ3n) is 2.23. The molecule has 3 nitrogen and oxygen atoms in total. The topological polar surface area (TPSA) is 27.6 Å². The quantitative estimate of drug-likeness (QED) is 0.486. The summed E-state index contributed by atoms with van der Waals surface area (Å²) < 4.78 is 13.0. The van der Waals surface area contributed by atoms with Crippen LogP contribution in [0.15, 0.2) is 29.3 Å². The van der Waals surface area contributed by atoms with Crippen LogP contribution >= 0.6 is 0 Å². The van der Waals surface area contributed by atoms with Crippen molar-refractivity contribution in [3.63, 3.8) is 0 Å². The predicted octanol–water partition coefficient (Wildman–Crippen LogP) is 1.47. The van der Waals surface area contributed by atoms with Gasteiger partial charge in [0.2, 0.25) is 0 Å². The van der Waals surface area contributed by atoms with Gasteiger partial charge in [0, 0.05) is 20.6 Å². The van der Waals surface area contributed by atoms with Gasteiger partial charge >= 0.3 is 0 Å². The molecule has 1 aromatic carbocycles. The summed E-state index contributed by atoms with van der Waals surface area (Å²) in [7, 11) is 3.55. The highest BCUT2D eigenvalue weighted by Crippen LogP contribution is 2.06. The van der Waals surface area contributed by atoms with Crippen molar-refractivity contribution in [2.75, 3.05) is 20.6 Å². The van der Waals surface area contributed by atoms with E-state index in [0.717, 1.165) is 5.56 Å². The first-order chi connectivity index (χ1) is 8.17. The van der Waals surface area contributed by atoms with Gasteiger partial charge in [0.05, 0.1) is 6.54 Å². The van der Waals surface area contributed by atoms with Gasteiger partial charge < -0.3 is 10.2 Å². The zero-order valence-corrected chi connectivity index (χ0v) is 10.1. The van der Waals surface area contributed by atoms with Crippen LogP contribution < -0.4 is 5.32 Å². The maximum absolute atomic E-state index is 13.0. The summed E-state index contributed by atoms with van der Waals surface area (Å²) in [6.07, 6.45) is 5.17. The van der Waals surface area contributed by atoms with Gasteiger partial charge in [-0.05, 0) is 17.7 Å². The van der Waals surface area contributed by atoms with E-state index in [2.05, 4.69) is 16.2 Å². The fourth-order valence-corrected chi connectivity index (χ4v) is 1.50. The number of terminal acetylenes is 1. The van der Waals surface area contributed by atoms with E-state index in [1.165, 1.54) is 12.1 Å². The summed E-state index contributed by atoms with van der Waals surface area (Å²) in [5.41, 5.74) is 0.885. The van der Waals surface area contributed by atoms with Crippen molar-refractivity contribution < 1.29 is 4.39 Å². The van der Waals surface area contributed by atoms with Crippen molar-refractivity contribution in [3.05, 3.63) is 35.6 Å². The molecule has 0 aliphatic carbocycles. The van der Waals surface area contributed by atoms with Gasteiger partial charge in [-0.15, -0.1) is 6.42 Å². The highest BCUT2D eigenvalue weighted by molar-refractivity contribution is 5.79. The molecule has 0 unspecified atom stereocenters. The number of halogens is 1. The van der Waals surface area contributed by atoms with Gasteiger partial charge in [-0.3, -0.25) is 4.99 Å². The van der Waals surface area contributed by atoms with E-state index in [0.29, 0.717) is 19.0 Å². The van der Waals surface area contributed by atoms with E-state index in [-0.39, 0.29) is 5.82 Å². The van der Waals surface area contributed by atoms with Gasteiger partial charge in [-0.1, -0.05) is 18.1 Å². The molecule has 90 valence electrons. The van der Waals surface area contributed by atoms with E-state index in [1.807, 2.05) is 18.0 Å². The summed E-state index contributed by atoms with van der Waals surface area (Å²) in [5, 5.41) is 3.00. The Labute approximate surface area is 101 Å². The highest BCUT2D eigenvalue weighted by Gasteiger charge is 2.05. The summed E-state index contributed by atoms with van der Waals surface area (Å²) in [5.74, 6) is 2.94. The molecule has 1 rings (SSSR count). The number of rotatable bonds is 3. The van der Waals surface area contributed by atoms with E-state index in [9.17, 15) is 4.39 Å². The first-order valence-electron chi connectivity index (χ1n) is 5.27. The predicted molar refractivity (Wildman–Crippen MR) is 68.1 cm³/mol. The Bertz CT molecular complexity index is 435. The summed E-state index contributed by atoms with van der Waals surface area (Å²) in [6, 6.07) is 6.49. The Kier molecular flexibility index (Phi) is 5.02. The van der Waals surface area contributed by atoms with Crippen molar-refractivity contribution in [1.29, 1.82) is 0 Å². The average molecular weight is 233 g/mol. The van der Waals surface area contributed by atoms with Crippen LogP contribution in [0.2, 0.25) is 0 Å². The number of hydrogen-bond donors (Lipinski definition) is 1. The molecule has 4 heteroatoms. The molecule has 0 aromatic heterocycles. The maximum Gasteiger partial charge on any atom is 0.194 e. The van der Waals surface area contributed by atoms with E-state index >= 15 is 0 Å². The summed E-state index contributed by atoms with van der Waals surface area (Å²) in [4.78, 5) is 5.97. The molecular formula is C13H16FN3. The molecule has 0 aliphatic rings. The van der Waals surface area contributed by atoms with Crippen LogP contribution in [0.1, 0.15) is 5.56 Å². The Morgan fingerprint density at radius 3 is 2.94 bits per heavy atom. The second-order valence-corrected chi connectivity index (χ2v) is 3.59. The Balaban J connectivity index is 2.65. The average Bonchev–Trinajstić information content (AvgIpc) is 2.30. The minimum atomic E-state index is -0.234. The lowest BCUT2D eigenvalue weighted by Gasteiger charge is -2.21.